The van der Waals surface area contributed by atoms with Crippen LogP contribution in [0.5, 0.6) is 0 Å². The second kappa shape index (κ2) is 7.09. The van der Waals surface area contributed by atoms with Crippen molar-refractivity contribution in [2.24, 2.45) is 5.92 Å². The monoisotopic (exact) mass is 383 g/mol. The van der Waals surface area contributed by atoms with Gasteiger partial charge in [-0.15, -0.1) is 10.2 Å². The van der Waals surface area contributed by atoms with Gasteiger partial charge < -0.3 is 9.15 Å². The van der Waals surface area contributed by atoms with E-state index in [1.807, 2.05) is 0 Å². The maximum absolute atomic E-state index is 13.3. The van der Waals surface area contributed by atoms with Crippen LogP contribution in [0.25, 0.3) is 0 Å². The fraction of sp³-hybridized carbons (Fsp3) is 0.688. The van der Waals surface area contributed by atoms with E-state index in [1.54, 1.807) is 25.5 Å². The molecule has 1 saturated heterocycles. The molecule has 1 aliphatic heterocycles. The van der Waals surface area contributed by atoms with Gasteiger partial charge in [0.1, 0.15) is 11.0 Å². The Bertz CT molecular complexity index is 887. The average Bonchev–Trinajstić information content (AvgIpc) is 3.11. The van der Waals surface area contributed by atoms with Crippen molar-refractivity contribution in [1.29, 1.82) is 0 Å². The number of rotatable bonds is 5. The number of hydrogen-bond acceptors (Lipinski definition) is 7. The summed E-state index contributed by atoms with van der Waals surface area (Å²) in [5, 5.41) is 12.2. The van der Waals surface area contributed by atoms with E-state index in [9.17, 15) is 8.42 Å². The Balaban J connectivity index is 1.89. The first kappa shape index (κ1) is 19.0. The quantitative estimate of drug-likeness (QED) is 0.772. The van der Waals surface area contributed by atoms with Gasteiger partial charge >= 0.3 is 0 Å². The highest BCUT2D eigenvalue weighted by Crippen LogP contribution is 2.29. The van der Waals surface area contributed by atoms with Crippen molar-refractivity contribution in [3.8, 4) is 0 Å². The molecular weight excluding hydrogens is 358 g/mol. The Labute approximate surface area is 153 Å². The van der Waals surface area contributed by atoms with Crippen LogP contribution in [0.4, 0.5) is 0 Å². The van der Waals surface area contributed by atoms with Gasteiger partial charge in [-0.1, -0.05) is 13.8 Å². The van der Waals surface area contributed by atoms with Crippen LogP contribution in [-0.2, 0) is 21.3 Å². The molecule has 2 aromatic heterocycles. The van der Waals surface area contributed by atoms with Crippen molar-refractivity contribution in [3.05, 3.63) is 23.2 Å². The number of morpholine rings is 1. The molecule has 0 aliphatic carbocycles. The molecule has 0 amide bonds. The molecule has 3 heterocycles. The molecule has 144 valence electrons. The Kier molecular flexibility index (Phi) is 5.18. The van der Waals surface area contributed by atoms with Crippen LogP contribution >= 0.6 is 0 Å². The highest BCUT2D eigenvalue weighted by molar-refractivity contribution is 7.89. The fourth-order valence-electron chi connectivity index (χ4n) is 3.14. The smallest absolute Gasteiger partial charge is 0.246 e. The number of hydrogen-bond donors (Lipinski definition) is 0. The maximum Gasteiger partial charge on any atom is 0.246 e. The van der Waals surface area contributed by atoms with Crippen LogP contribution in [0, 0.1) is 26.7 Å². The van der Waals surface area contributed by atoms with E-state index in [2.05, 4.69) is 29.1 Å². The van der Waals surface area contributed by atoms with Gasteiger partial charge in [-0.05, 0) is 19.8 Å². The fourth-order valence-corrected chi connectivity index (χ4v) is 4.94. The largest absolute Gasteiger partial charge is 0.423 e. The van der Waals surface area contributed by atoms with E-state index in [-0.39, 0.29) is 24.6 Å². The normalized spacial score (nSPS) is 19.4. The van der Waals surface area contributed by atoms with Crippen molar-refractivity contribution in [2.75, 3.05) is 19.7 Å². The Hall–Kier alpha value is -1.78. The number of aryl methyl sites for hydroxylation is 2. The maximum atomic E-state index is 13.3. The Morgan fingerprint density at radius 1 is 1.23 bits per heavy atom. The number of sulfonamides is 1. The lowest BCUT2D eigenvalue weighted by atomic mass is 10.2. The first-order chi connectivity index (χ1) is 12.2. The first-order valence-electron chi connectivity index (χ1n) is 8.66. The summed E-state index contributed by atoms with van der Waals surface area (Å²) >= 11 is 0. The van der Waals surface area contributed by atoms with Gasteiger partial charge in [-0.2, -0.15) is 9.40 Å². The minimum absolute atomic E-state index is 0.137. The van der Waals surface area contributed by atoms with Gasteiger partial charge in [0.15, 0.2) is 0 Å². The lowest BCUT2D eigenvalue weighted by Crippen LogP contribution is -2.42. The minimum Gasteiger partial charge on any atom is -0.423 e. The lowest BCUT2D eigenvalue weighted by Gasteiger charge is -2.30. The summed E-state index contributed by atoms with van der Waals surface area (Å²) in [5.41, 5.74) is 1.17. The summed E-state index contributed by atoms with van der Waals surface area (Å²) in [7, 11) is -3.69. The predicted molar refractivity (Wildman–Crippen MR) is 93.0 cm³/mol. The van der Waals surface area contributed by atoms with Crippen molar-refractivity contribution < 1.29 is 17.6 Å². The van der Waals surface area contributed by atoms with Gasteiger partial charge in [0, 0.05) is 26.6 Å². The molecule has 0 spiro atoms. The van der Waals surface area contributed by atoms with E-state index >= 15 is 0 Å². The average molecular weight is 383 g/mol. The number of nitrogens with zero attached hydrogens (tertiary/aromatic N) is 5. The van der Waals surface area contributed by atoms with Crippen LogP contribution in [0.15, 0.2) is 9.31 Å². The highest BCUT2D eigenvalue weighted by atomic mass is 32.2. The van der Waals surface area contributed by atoms with Crippen LogP contribution in [0.2, 0.25) is 0 Å². The third-order valence-corrected chi connectivity index (χ3v) is 6.42. The minimum atomic E-state index is -3.69. The summed E-state index contributed by atoms with van der Waals surface area (Å²) in [6.45, 7) is 10.7. The molecule has 2 aromatic rings. The molecule has 1 aliphatic rings. The lowest BCUT2D eigenvalue weighted by molar-refractivity contribution is -0.0177. The standard InChI is InChI=1S/C16H25N5O4S/c1-10(2)8-21-12(4)15(11(3)19-21)26(22,23)20-6-7-24-14(9-20)16-18-17-13(5)25-16/h10,14H,6-9H2,1-5H3. The molecule has 3 rings (SSSR count). The van der Waals surface area contributed by atoms with Crippen LogP contribution in [-0.4, -0.2) is 52.4 Å². The van der Waals surface area contributed by atoms with Crippen molar-refractivity contribution >= 4 is 10.0 Å². The molecule has 0 bridgehead atoms. The van der Waals surface area contributed by atoms with Crippen LogP contribution in [0.1, 0.15) is 43.1 Å². The molecule has 0 radical (unpaired) electrons. The Morgan fingerprint density at radius 3 is 2.58 bits per heavy atom. The molecule has 0 aromatic carbocycles. The Morgan fingerprint density at radius 2 is 1.96 bits per heavy atom. The molecule has 9 nitrogen and oxygen atoms in total. The van der Waals surface area contributed by atoms with Gasteiger partial charge in [0.05, 0.1) is 18.0 Å². The third kappa shape index (κ3) is 3.53. The predicted octanol–water partition coefficient (Wildman–Crippen LogP) is 1.61. The molecule has 1 atom stereocenters. The van der Waals surface area contributed by atoms with Gasteiger partial charge in [-0.25, -0.2) is 8.42 Å². The topological polar surface area (TPSA) is 103 Å². The third-order valence-electron chi connectivity index (χ3n) is 4.30. The summed E-state index contributed by atoms with van der Waals surface area (Å²) in [4.78, 5) is 0.278. The zero-order valence-corrected chi connectivity index (χ0v) is 16.6. The summed E-state index contributed by atoms with van der Waals surface area (Å²) in [6.07, 6.45) is -0.564. The molecule has 1 unspecified atom stereocenters. The molecule has 1 fully saturated rings. The molecule has 10 heteroatoms. The highest BCUT2D eigenvalue weighted by Gasteiger charge is 2.36. The van der Waals surface area contributed by atoms with Gasteiger partial charge in [-0.3, -0.25) is 4.68 Å². The summed E-state index contributed by atoms with van der Waals surface area (Å²) in [6, 6.07) is 0. The van der Waals surface area contributed by atoms with Crippen LogP contribution in [0.3, 0.4) is 0 Å². The summed E-state index contributed by atoms with van der Waals surface area (Å²) in [5.74, 6) is 1.09. The molecular formula is C16H25N5O4S. The van der Waals surface area contributed by atoms with E-state index in [0.717, 1.165) is 0 Å². The van der Waals surface area contributed by atoms with Gasteiger partial charge in [0.2, 0.25) is 21.8 Å². The van der Waals surface area contributed by atoms with Crippen molar-refractivity contribution in [2.45, 2.75) is 52.2 Å². The number of aromatic nitrogens is 4. The van der Waals surface area contributed by atoms with E-state index in [1.165, 1.54) is 4.31 Å². The van der Waals surface area contributed by atoms with E-state index in [4.69, 9.17) is 9.15 Å². The number of ether oxygens (including phenoxy) is 1. The second-order valence-corrected chi connectivity index (χ2v) is 8.83. The first-order valence-corrected chi connectivity index (χ1v) is 10.1. The zero-order chi connectivity index (χ0) is 19.1. The van der Waals surface area contributed by atoms with Crippen molar-refractivity contribution in [1.82, 2.24) is 24.3 Å². The molecule has 0 N–H and O–H groups in total. The molecule has 0 saturated carbocycles. The molecule has 26 heavy (non-hydrogen) atoms. The summed E-state index contributed by atoms with van der Waals surface area (Å²) < 4.78 is 40.7. The van der Waals surface area contributed by atoms with E-state index < -0.39 is 16.1 Å². The van der Waals surface area contributed by atoms with Crippen LogP contribution < -0.4 is 0 Å². The van der Waals surface area contributed by atoms with E-state index in [0.29, 0.717) is 35.6 Å². The van der Waals surface area contributed by atoms with Crippen molar-refractivity contribution in [3.63, 3.8) is 0 Å². The zero-order valence-electron chi connectivity index (χ0n) is 15.8. The SMILES string of the molecule is Cc1nnc(C2CN(S(=O)(=O)c3c(C)nn(CC(C)C)c3C)CCO2)o1. The van der Waals surface area contributed by atoms with Gasteiger partial charge in [0.25, 0.3) is 0 Å². The second-order valence-electron chi connectivity index (χ2n) is 6.96.